The van der Waals surface area contributed by atoms with E-state index in [1.807, 2.05) is 6.92 Å². The monoisotopic (exact) mass is 256 g/mol. The highest BCUT2D eigenvalue weighted by atomic mass is 32.1. The molecule has 96 valence electrons. The van der Waals surface area contributed by atoms with Gasteiger partial charge in [-0.1, -0.05) is 38.5 Å². The summed E-state index contributed by atoms with van der Waals surface area (Å²) in [5, 5.41) is 12.1. The van der Waals surface area contributed by atoms with Crippen molar-refractivity contribution < 1.29 is 4.79 Å². The number of nitrogens with one attached hydrogen (secondary N) is 1. The zero-order valence-corrected chi connectivity index (χ0v) is 11.4. The second-order valence-corrected chi connectivity index (χ2v) is 5.55. The third-order valence-electron chi connectivity index (χ3n) is 2.22. The number of rotatable bonds is 6. The van der Waals surface area contributed by atoms with Gasteiger partial charge in [0.2, 0.25) is 11.0 Å². The molecule has 17 heavy (non-hydrogen) atoms. The minimum absolute atomic E-state index is 0.181. The molecule has 0 radical (unpaired) electrons. The number of hydrogen-bond donors (Lipinski definition) is 2. The fourth-order valence-corrected chi connectivity index (χ4v) is 2.33. The van der Waals surface area contributed by atoms with Gasteiger partial charge in [0.05, 0.1) is 6.04 Å². The van der Waals surface area contributed by atoms with E-state index in [0.717, 1.165) is 17.8 Å². The molecule has 0 aromatic carbocycles. The van der Waals surface area contributed by atoms with Gasteiger partial charge in [0.1, 0.15) is 5.01 Å². The van der Waals surface area contributed by atoms with Crippen LogP contribution in [0, 0.1) is 5.92 Å². The van der Waals surface area contributed by atoms with Crippen LogP contribution >= 0.6 is 11.3 Å². The van der Waals surface area contributed by atoms with Gasteiger partial charge in [0, 0.05) is 6.42 Å². The number of nitrogens with zero attached hydrogens (tertiary/aromatic N) is 2. The van der Waals surface area contributed by atoms with E-state index in [2.05, 4.69) is 29.4 Å². The quantitative estimate of drug-likeness (QED) is 0.813. The Bertz CT molecular complexity index is 364. The minimum Gasteiger partial charge on any atom is -0.320 e. The maximum atomic E-state index is 11.6. The molecule has 1 aromatic heterocycles. The molecule has 0 saturated carbocycles. The summed E-state index contributed by atoms with van der Waals surface area (Å²) in [4.78, 5) is 11.6. The van der Waals surface area contributed by atoms with Gasteiger partial charge in [-0.3, -0.25) is 10.1 Å². The van der Waals surface area contributed by atoms with Crippen molar-refractivity contribution in [2.75, 3.05) is 5.32 Å². The van der Waals surface area contributed by atoms with Crippen molar-refractivity contribution in [3.05, 3.63) is 5.01 Å². The first-order valence-electron chi connectivity index (χ1n) is 5.91. The Morgan fingerprint density at radius 1 is 1.47 bits per heavy atom. The highest BCUT2D eigenvalue weighted by molar-refractivity contribution is 7.15. The fraction of sp³-hybridized carbons (Fsp3) is 0.727. The van der Waals surface area contributed by atoms with Crippen LogP contribution in [0.15, 0.2) is 0 Å². The number of nitrogens with two attached hydrogens (primary N) is 1. The predicted octanol–water partition coefficient (Wildman–Crippen LogP) is 1.80. The molecule has 0 aliphatic carbocycles. The van der Waals surface area contributed by atoms with Crippen molar-refractivity contribution in [3.63, 3.8) is 0 Å². The van der Waals surface area contributed by atoms with Crippen LogP contribution in [-0.4, -0.2) is 22.1 Å². The van der Waals surface area contributed by atoms with E-state index < -0.39 is 6.04 Å². The van der Waals surface area contributed by atoms with E-state index >= 15 is 0 Å². The number of carbonyl (C=O) groups is 1. The van der Waals surface area contributed by atoms with Gasteiger partial charge in [0.15, 0.2) is 0 Å². The zero-order valence-electron chi connectivity index (χ0n) is 10.6. The molecule has 1 amide bonds. The molecule has 0 saturated heterocycles. The SMILES string of the molecule is CCC[C@H](N)C(=O)Nc1nnc(CC(C)C)s1. The third-order valence-corrected chi connectivity index (χ3v) is 3.08. The van der Waals surface area contributed by atoms with E-state index in [-0.39, 0.29) is 5.91 Å². The first kappa shape index (κ1) is 14.1. The van der Waals surface area contributed by atoms with Gasteiger partial charge in [-0.15, -0.1) is 10.2 Å². The highest BCUT2D eigenvalue weighted by Crippen LogP contribution is 2.18. The molecule has 6 heteroatoms. The van der Waals surface area contributed by atoms with Crippen LogP contribution in [0.2, 0.25) is 0 Å². The van der Waals surface area contributed by atoms with E-state index in [1.54, 1.807) is 0 Å². The van der Waals surface area contributed by atoms with Crippen LogP contribution in [0.25, 0.3) is 0 Å². The molecule has 3 N–H and O–H groups in total. The van der Waals surface area contributed by atoms with E-state index in [1.165, 1.54) is 11.3 Å². The van der Waals surface area contributed by atoms with E-state index in [9.17, 15) is 4.79 Å². The summed E-state index contributed by atoms with van der Waals surface area (Å²) in [6.07, 6.45) is 2.46. The summed E-state index contributed by atoms with van der Waals surface area (Å²) in [5.74, 6) is 0.355. The lowest BCUT2D eigenvalue weighted by Crippen LogP contribution is -2.35. The molecule has 1 aromatic rings. The Balaban J connectivity index is 2.51. The van der Waals surface area contributed by atoms with Crippen molar-refractivity contribution in [3.8, 4) is 0 Å². The normalized spacial score (nSPS) is 12.8. The summed E-state index contributed by atoms with van der Waals surface area (Å²) in [7, 11) is 0. The Morgan fingerprint density at radius 3 is 2.76 bits per heavy atom. The first-order chi connectivity index (χ1) is 8.02. The maximum Gasteiger partial charge on any atom is 0.243 e. The lowest BCUT2D eigenvalue weighted by molar-refractivity contribution is -0.117. The van der Waals surface area contributed by atoms with Crippen LogP contribution in [0.5, 0.6) is 0 Å². The molecule has 0 unspecified atom stereocenters. The Morgan fingerprint density at radius 2 is 2.18 bits per heavy atom. The smallest absolute Gasteiger partial charge is 0.243 e. The average Bonchev–Trinajstić information content (AvgIpc) is 2.64. The molecule has 1 rings (SSSR count). The van der Waals surface area contributed by atoms with E-state index in [4.69, 9.17) is 5.73 Å². The van der Waals surface area contributed by atoms with Gasteiger partial charge < -0.3 is 5.73 Å². The molecule has 5 nitrogen and oxygen atoms in total. The molecule has 0 bridgehead atoms. The molecule has 1 heterocycles. The van der Waals surface area contributed by atoms with Crippen LogP contribution in [0.1, 0.15) is 38.6 Å². The first-order valence-corrected chi connectivity index (χ1v) is 6.73. The number of aromatic nitrogens is 2. The van der Waals surface area contributed by atoms with Crippen LogP contribution in [0.4, 0.5) is 5.13 Å². The third kappa shape index (κ3) is 4.79. The summed E-state index contributed by atoms with van der Waals surface area (Å²) in [6, 6.07) is -0.461. The van der Waals surface area contributed by atoms with Crippen LogP contribution < -0.4 is 11.1 Å². The van der Waals surface area contributed by atoms with Crippen molar-refractivity contribution in [2.24, 2.45) is 11.7 Å². The van der Waals surface area contributed by atoms with Gasteiger partial charge in [-0.05, 0) is 12.3 Å². The summed E-state index contributed by atoms with van der Waals surface area (Å²) in [5.41, 5.74) is 5.71. The molecular formula is C11H20N4OS. The Kier molecular flexibility index (Phi) is 5.50. The number of amides is 1. The number of anilines is 1. The molecule has 0 fully saturated rings. The van der Waals surface area contributed by atoms with Crippen molar-refractivity contribution in [1.29, 1.82) is 0 Å². The average molecular weight is 256 g/mol. The molecule has 0 aliphatic heterocycles. The largest absolute Gasteiger partial charge is 0.320 e. The second kappa shape index (κ2) is 6.66. The van der Waals surface area contributed by atoms with Crippen molar-refractivity contribution in [2.45, 2.75) is 46.1 Å². The molecule has 0 spiro atoms. The van der Waals surface area contributed by atoms with Gasteiger partial charge in [-0.25, -0.2) is 0 Å². The molecule has 1 atom stereocenters. The fourth-order valence-electron chi connectivity index (χ4n) is 1.38. The number of hydrogen-bond acceptors (Lipinski definition) is 5. The zero-order chi connectivity index (χ0) is 12.8. The minimum atomic E-state index is -0.461. The van der Waals surface area contributed by atoms with Gasteiger partial charge in [-0.2, -0.15) is 0 Å². The standard InChI is InChI=1S/C11H20N4OS/c1-4-5-8(12)10(16)13-11-15-14-9(17-11)6-7(2)3/h7-8H,4-6,12H2,1-3H3,(H,13,15,16)/t8-/m0/s1. The van der Waals surface area contributed by atoms with Crippen LogP contribution in [-0.2, 0) is 11.2 Å². The topological polar surface area (TPSA) is 80.9 Å². The van der Waals surface area contributed by atoms with E-state index in [0.29, 0.717) is 17.5 Å². The lowest BCUT2D eigenvalue weighted by atomic mass is 10.1. The lowest BCUT2D eigenvalue weighted by Gasteiger charge is -2.08. The Hall–Kier alpha value is -1.01. The maximum absolute atomic E-state index is 11.6. The number of carbonyl (C=O) groups excluding carboxylic acids is 1. The summed E-state index contributed by atoms with van der Waals surface area (Å²) >= 11 is 1.42. The van der Waals surface area contributed by atoms with Gasteiger partial charge in [0.25, 0.3) is 0 Å². The van der Waals surface area contributed by atoms with Gasteiger partial charge >= 0.3 is 0 Å². The molecule has 0 aliphatic rings. The Labute approximate surface area is 106 Å². The molecular weight excluding hydrogens is 236 g/mol. The highest BCUT2D eigenvalue weighted by Gasteiger charge is 2.14. The van der Waals surface area contributed by atoms with Crippen molar-refractivity contribution >= 4 is 22.4 Å². The van der Waals surface area contributed by atoms with Crippen LogP contribution in [0.3, 0.4) is 0 Å². The van der Waals surface area contributed by atoms with Crippen molar-refractivity contribution in [1.82, 2.24) is 10.2 Å². The predicted molar refractivity (Wildman–Crippen MR) is 70.0 cm³/mol. The second-order valence-electron chi connectivity index (χ2n) is 4.48. The summed E-state index contributed by atoms with van der Waals surface area (Å²) in [6.45, 7) is 6.24. The summed E-state index contributed by atoms with van der Waals surface area (Å²) < 4.78 is 0.